The fraction of sp³-hybridized carbons (Fsp3) is 0.222. The van der Waals surface area contributed by atoms with Gasteiger partial charge in [-0.1, -0.05) is 30.3 Å². The molecule has 0 radical (unpaired) electrons. The Labute approximate surface area is 198 Å². The second-order valence-corrected chi connectivity index (χ2v) is 8.26. The molecule has 2 heterocycles. The molecule has 2 aromatic carbocycles. The van der Waals surface area contributed by atoms with Crippen molar-refractivity contribution in [1.82, 2.24) is 9.88 Å². The van der Waals surface area contributed by atoms with Crippen LogP contribution in [0.5, 0.6) is 11.5 Å². The lowest BCUT2D eigenvalue weighted by molar-refractivity contribution is -0.140. The van der Waals surface area contributed by atoms with Gasteiger partial charge in [0.15, 0.2) is 0 Å². The SMILES string of the molecule is COc1ccc(C2/C(=C(/O)c3cccc(OC(C)C)c3)C(=O)C(=O)N2Cc2cccnc2)cc1. The number of pyridine rings is 1. The van der Waals surface area contributed by atoms with E-state index in [0.717, 1.165) is 5.56 Å². The lowest BCUT2D eigenvalue weighted by atomic mass is 9.95. The van der Waals surface area contributed by atoms with Crippen LogP contribution in [0.4, 0.5) is 0 Å². The average Bonchev–Trinajstić information content (AvgIpc) is 3.09. The van der Waals surface area contributed by atoms with Crippen LogP contribution in [0, 0.1) is 0 Å². The van der Waals surface area contributed by atoms with Crippen molar-refractivity contribution >= 4 is 17.4 Å². The summed E-state index contributed by atoms with van der Waals surface area (Å²) in [7, 11) is 1.57. The number of hydrogen-bond acceptors (Lipinski definition) is 6. The number of amides is 1. The highest BCUT2D eigenvalue weighted by atomic mass is 16.5. The van der Waals surface area contributed by atoms with E-state index in [1.165, 1.54) is 4.90 Å². The molecule has 1 amide bonds. The Hall–Kier alpha value is -4.13. The Morgan fingerprint density at radius 1 is 1.06 bits per heavy atom. The first-order chi connectivity index (χ1) is 16.4. The maximum Gasteiger partial charge on any atom is 0.295 e. The molecule has 0 bridgehead atoms. The Morgan fingerprint density at radius 3 is 2.47 bits per heavy atom. The van der Waals surface area contributed by atoms with Crippen molar-refractivity contribution in [3.63, 3.8) is 0 Å². The number of benzene rings is 2. The zero-order chi connectivity index (χ0) is 24.2. The van der Waals surface area contributed by atoms with Crippen LogP contribution in [-0.2, 0) is 16.1 Å². The van der Waals surface area contributed by atoms with Crippen LogP contribution < -0.4 is 9.47 Å². The van der Waals surface area contributed by atoms with Gasteiger partial charge in [-0.2, -0.15) is 0 Å². The molecule has 1 fully saturated rings. The van der Waals surface area contributed by atoms with Gasteiger partial charge in [-0.05, 0) is 55.3 Å². The Bertz CT molecular complexity index is 1220. The van der Waals surface area contributed by atoms with Gasteiger partial charge >= 0.3 is 0 Å². The molecular formula is C27H26N2O5. The summed E-state index contributed by atoms with van der Waals surface area (Å²) in [5.74, 6) is -0.462. The third-order valence-corrected chi connectivity index (χ3v) is 5.53. The first-order valence-electron chi connectivity index (χ1n) is 11.0. The van der Waals surface area contributed by atoms with Crippen LogP contribution >= 0.6 is 0 Å². The van der Waals surface area contributed by atoms with Crippen molar-refractivity contribution in [1.29, 1.82) is 0 Å². The molecule has 1 aromatic heterocycles. The van der Waals surface area contributed by atoms with Gasteiger partial charge in [0.2, 0.25) is 0 Å². The lowest BCUT2D eigenvalue weighted by Gasteiger charge is -2.25. The second kappa shape index (κ2) is 9.79. The minimum Gasteiger partial charge on any atom is -0.507 e. The number of aliphatic hydroxyl groups is 1. The van der Waals surface area contributed by atoms with E-state index in [-0.39, 0.29) is 24.0 Å². The molecule has 1 N–H and O–H groups in total. The minimum atomic E-state index is -0.777. The fourth-order valence-corrected chi connectivity index (χ4v) is 4.01. The second-order valence-electron chi connectivity index (χ2n) is 8.26. The number of nitrogens with zero attached hydrogens (tertiary/aromatic N) is 2. The molecule has 34 heavy (non-hydrogen) atoms. The number of aliphatic hydroxyl groups excluding tert-OH is 1. The third-order valence-electron chi connectivity index (χ3n) is 5.53. The predicted octanol–water partition coefficient (Wildman–Crippen LogP) is 4.50. The summed E-state index contributed by atoms with van der Waals surface area (Å²) in [4.78, 5) is 31.9. The van der Waals surface area contributed by atoms with Crippen LogP contribution in [0.15, 0.2) is 78.6 Å². The third kappa shape index (κ3) is 4.64. The van der Waals surface area contributed by atoms with Gasteiger partial charge in [0.25, 0.3) is 11.7 Å². The number of likely N-dealkylation sites (tertiary alicyclic amines) is 1. The molecular weight excluding hydrogens is 432 g/mol. The standard InChI is InChI=1S/C27H26N2O5/c1-17(2)34-22-8-4-7-20(14-22)25(30)23-24(19-9-11-21(33-3)12-10-19)29(27(32)26(23)31)16-18-6-5-13-28-15-18/h4-15,17,24,30H,16H2,1-3H3/b25-23-. The Balaban J connectivity index is 1.83. The fourth-order valence-electron chi connectivity index (χ4n) is 4.01. The van der Waals surface area contributed by atoms with Crippen LogP contribution in [-0.4, -0.2) is 39.9 Å². The summed E-state index contributed by atoms with van der Waals surface area (Å²) < 4.78 is 11.0. The maximum absolute atomic E-state index is 13.2. The zero-order valence-corrected chi connectivity index (χ0v) is 19.3. The van der Waals surface area contributed by atoms with E-state index in [1.807, 2.05) is 19.9 Å². The summed E-state index contributed by atoms with van der Waals surface area (Å²) >= 11 is 0. The quantitative estimate of drug-likeness (QED) is 0.319. The topological polar surface area (TPSA) is 89.0 Å². The van der Waals surface area contributed by atoms with Crippen molar-refractivity contribution in [2.75, 3.05) is 7.11 Å². The lowest BCUT2D eigenvalue weighted by Crippen LogP contribution is -2.29. The average molecular weight is 459 g/mol. The van der Waals surface area contributed by atoms with Crippen molar-refractivity contribution < 1.29 is 24.2 Å². The molecule has 1 aliphatic rings. The number of carbonyl (C=O) groups is 2. The molecule has 0 saturated carbocycles. The van der Waals surface area contributed by atoms with Crippen LogP contribution in [0.1, 0.15) is 36.6 Å². The van der Waals surface area contributed by atoms with Gasteiger partial charge in [0.1, 0.15) is 17.3 Å². The van der Waals surface area contributed by atoms with E-state index in [4.69, 9.17) is 9.47 Å². The van der Waals surface area contributed by atoms with Crippen molar-refractivity contribution in [3.05, 3.63) is 95.3 Å². The zero-order valence-electron chi connectivity index (χ0n) is 19.3. The van der Waals surface area contributed by atoms with Gasteiger partial charge < -0.3 is 19.5 Å². The van der Waals surface area contributed by atoms with Gasteiger partial charge in [0.05, 0.1) is 24.8 Å². The summed E-state index contributed by atoms with van der Waals surface area (Å²) in [5.41, 5.74) is 1.88. The van der Waals surface area contributed by atoms with E-state index < -0.39 is 17.7 Å². The largest absolute Gasteiger partial charge is 0.507 e. The Morgan fingerprint density at radius 2 is 1.82 bits per heavy atom. The van der Waals surface area contributed by atoms with E-state index in [2.05, 4.69) is 4.98 Å². The summed E-state index contributed by atoms with van der Waals surface area (Å²) in [6, 6.07) is 16.8. The van der Waals surface area contributed by atoms with Gasteiger partial charge in [0, 0.05) is 24.5 Å². The number of rotatable bonds is 7. The predicted molar refractivity (Wildman–Crippen MR) is 127 cm³/mol. The first kappa shape index (κ1) is 23.0. The molecule has 3 aromatic rings. The maximum atomic E-state index is 13.2. The highest BCUT2D eigenvalue weighted by Gasteiger charge is 2.46. The van der Waals surface area contributed by atoms with Gasteiger partial charge in [-0.15, -0.1) is 0 Å². The first-order valence-corrected chi connectivity index (χ1v) is 11.0. The van der Waals surface area contributed by atoms with Crippen molar-refractivity contribution in [3.8, 4) is 11.5 Å². The van der Waals surface area contributed by atoms with Crippen LogP contribution in [0.2, 0.25) is 0 Å². The molecule has 174 valence electrons. The molecule has 1 unspecified atom stereocenters. The number of carbonyl (C=O) groups excluding carboxylic acids is 2. The smallest absolute Gasteiger partial charge is 0.295 e. The number of methoxy groups -OCH3 is 1. The van der Waals surface area contributed by atoms with Crippen molar-refractivity contribution in [2.24, 2.45) is 0 Å². The normalized spacial score (nSPS) is 17.3. The number of ketones is 1. The molecule has 1 saturated heterocycles. The number of ether oxygens (including phenoxy) is 2. The number of aromatic nitrogens is 1. The summed E-state index contributed by atoms with van der Waals surface area (Å²) in [6.07, 6.45) is 3.24. The molecule has 0 spiro atoms. The molecule has 0 aliphatic carbocycles. The van der Waals surface area contributed by atoms with E-state index in [0.29, 0.717) is 22.6 Å². The molecule has 7 nitrogen and oxygen atoms in total. The number of hydrogen-bond donors (Lipinski definition) is 1. The molecule has 4 rings (SSSR count). The highest BCUT2D eigenvalue weighted by molar-refractivity contribution is 6.46. The monoisotopic (exact) mass is 458 g/mol. The summed E-state index contributed by atoms with van der Waals surface area (Å²) in [5, 5.41) is 11.3. The van der Waals surface area contributed by atoms with E-state index in [1.54, 1.807) is 74.1 Å². The highest BCUT2D eigenvalue weighted by Crippen LogP contribution is 2.41. The Kier molecular flexibility index (Phi) is 6.63. The van der Waals surface area contributed by atoms with E-state index >= 15 is 0 Å². The minimum absolute atomic E-state index is 0.0285. The number of Topliss-reactive ketones (excluding diaryl/α,β-unsaturated/α-hetero) is 1. The molecule has 1 aliphatic heterocycles. The van der Waals surface area contributed by atoms with Gasteiger partial charge in [-0.25, -0.2) is 0 Å². The molecule has 7 heteroatoms. The summed E-state index contributed by atoms with van der Waals surface area (Å²) in [6.45, 7) is 3.97. The van der Waals surface area contributed by atoms with Crippen LogP contribution in [0.25, 0.3) is 5.76 Å². The molecule has 1 atom stereocenters. The van der Waals surface area contributed by atoms with E-state index in [9.17, 15) is 14.7 Å². The van der Waals surface area contributed by atoms with Crippen molar-refractivity contribution in [2.45, 2.75) is 32.5 Å². The van der Waals surface area contributed by atoms with Gasteiger partial charge in [-0.3, -0.25) is 14.6 Å². The van der Waals surface area contributed by atoms with Crippen LogP contribution in [0.3, 0.4) is 0 Å².